The summed E-state index contributed by atoms with van der Waals surface area (Å²) in [6.07, 6.45) is 0. The molecule has 130 valence electrons. The maximum absolute atomic E-state index is 13.4. The molecule has 3 nitrogen and oxygen atoms in total. The third-order valence-electron chi connectivity index (χ3n) is 4.12. The van der Waals surface area contributed by atoms with Crippen molar-refractivity contribution in [3.05, 3.63) is 71.5 Å². The van der Waals surface area contributed by atoms with Gasteiger partial charge in [0.05, 0.1) is 11.5 Å². The van der Waals surface area contributed by atoms with Gasteiger partial charge in [0.2, 0.25) is 5.91 Å². The maximum Gasteiger partial charge on any atom is 0.225 e. The van der Waals surface area contributed by atoms with Crippen molar-refractivity contribution in [2.24, 2.45) is 11.7 Å². The van der Waals surface area contributed by atoms with Crippen LogP contribution in [0.4, 0.5) is 4.39 Å². The summed E-state index contributed by atoms with van der Waals surface area (Å²) in [4.78, 5) is 12.5. The fourth-order valence-electron chi connectivity index (χ4n) is 2.50. The normalized spacial score (nSPS) is 13.5. The Morgan fingerprint density at radius 1 is 1.12 bits per heavy atom. The van der Waals surface area contributed by atoms with Gasteiger partial charge in [-0.1, -0.05) is 49.4 Å². The zero-order valence-electron chi connectivity index (χ0n) is 14.1. The molecule has 0 aromatic heterocycles. The lowest BCUT2D eigenvalue weighted by atomic mass is 9.90. The van der Waals surface area contributed by atoms with Crippen LogP contribution in [0.25, 0.3) is 0 Å². The fraction of sp³-hybridized carbons (Fsp3) is 0.316. The van der Waals surface area contributed by atoms with Gasteiger partial charge >= 0.3 is 0 Å². The van der Waals surface area contributed by atoms with E-state index in [0.717, 1.165) is 5.56 Å². The van der Waals surface area contributed by atoms with E-state index in [-0.39, 0.29) is 30.2 Å². The molecule has 1 amide bonds. The van der Waals surface area contributed by atoms with Crippen LogP contribution >= 0.6 is 12.4 Å². The molecule has 0 aliphatic heterocycles. The minimum atomic E-state index is -0.677. The molecule has 0 aliphatic rings. The summed E-state index contributed by atoms with van der Waals surface area (Å²) in [5.74, 6) is -0.875. The molecule has 0 radical (unpaired) electrons. The largest absolute Gasteiger partial charge is 0.347 e. The molecule has 2 aromatic carbocycles. The van der Waals surface area contributed by atoms with Crippen LogP contribution in [-0.4, -0.2) is 5.91 Å². The molecular formula is C19H24ClFN2O. The number of halogens is 2. The number of carbonyl (C=O) groups excluding carboxylic acids is 1. The Hall–Kier alpha value is -1.91. The molecule has 3 N–H and O–H groups in total. The minimum absolute atomic E-state index is 0. The Bertz CT molecular complexity index is 676. The molecule has 0 saturated heterocycles. The van der Waals surface area contributed by atoms with Crippen molar-refractivity contribution < 1.29 is 9.18 Å². The van der Waals surface area contributed by atoms with Gasteiger partial charge in [-0.2, -0.15) is 0 Å². The van der Waals surface area contributed by atoms with Gasteiger partial charge in [0, 0.05) is 6.04 Å². The lowest BCUT2D eigenvalue weighted by Gasteiger charge is -2.30. The second-order valence-corrected chi connectivity index (χ2v) is 6.35. The zero-order valence-corrected chi connectivity index (χ0v) is 14.9. The number of nitrogens with one attached hydrogen (secondary N) is 1. The van der Waals surface area contributed by atoms with Crippen molar-refractivity contribution in [1.82, 2.24) is 5.32 Å². The summed E-state index contributed by atoms with van der Waals surface area (Å²) < 4.78 is 13.4. The highest BCUT2D eigenvalue weighted by molar-refractivity contribution is 5.85. The van der Waals surface area contributed by atoms with Crippen LogP contribution in [-0.2, 0) is 10.3 Å². The van der Waals surface area contributed by atoms with Crippen LogP contribution in [0.2, 0.25) is 0 Å². The highest BCUT2D eigenvalue weighted by Gasteiger charge is 2.28. The Morgan fingerprint density at radius 3 is 2.33 bits per heavy atom. The zero-order chi connectivity index (χ0) is 17.0. The van der Waals surface area contributed by atoms with E-state index < -0.39 is 11.5 Å². The average Bonchev–Trinajstić information content (AvgIpc) is 2.54. The first-order valence-electron chi connectivity index (χ1n) is 7.70. The van der Waals surface area contributed by atoms with E-state index in [4.69, 9.17) is 5.73 Å². The monoisotopic (exact) mass is 350 g/mol. The van der Waals surface area contributed by atoms with Gasteiger partial charge in [-0.15, -0.1) is 12.4 Å². The summed E-state index contributed by atoms with van der Waals surface area (Å²) in [6.45, 7) is 5.50. The summed E-state index contributed by atoms with van der Waals surface area (Å²) in [5.41, 5.74) is 7.15. The van der Waals surface area contributed by atoms with Crippen LogP contribution < -0.4 is 11.1 Å². The van der Waals surface area contributed by atoms with E-state index in [9.17, 15) is 9.18 Å². The van der Waals surface area contributed by atoms with Crippen molar-refractivity contribution in [3.8, 4) is 0 Å². The molecule has 2 unspecified atom stereocenters. The molecule has 2 aromatic rings. The molecule has 0 bridgehead atoms. The number of benzene rings is 2. The number of carbonyl (C=O) groups is 1. The number of hydrogen-bond acceptors (Lipinski definition) is 2. The van der Waals surface area contributed by atoms with Gasteiger partial charge in [0.25, 0.3) is 0 Å². The smallest absolute Gasteiger partial charge is 0.225 e. The van der Waals surface area contributed by atoms with Gasteiger partial charge < -0.3 is 11.1 Å². The molecule has 0 spiro atoms. The van der Waals surface area contributed by atoms with Crippen LogP contribution in [0.5, 0.6) is 0 Å². The summed E-state index contributed by atoms with van der Waals surface area (Å²) in [7, 11) is 0. The molecular weight excluding hydrogens is 327 g/mol. The third kappa shape index (κ3) is 4.79. The van der Waals surface area contributed by atoms with E-state index in [2.05, 4.69) is 5.32 Å². The lowest BCUT2D eigenvalue weighted by molar-refractivity contribution is -0.126. The molecule has 0 heterocycles. The van der Waals surface area contributed by atoms with Crippen molar-refractivity contribution in [2.75, 3.05) is 0 Å². The van der Waals surface area contributed by atoms with Gasteiger partial charge in [0.1, 0.15) is 5.82 Å². The van der Waals surface area contributed by atoms with E-state index in [0.29, 0.717) is 5.56 Å². The van der Waals surface area contributed by atoms with Gasteiger partial charge in [-0.05, 0) is 37.1 Å². The molecule has 24 heavy (non-hydrogen) atoms. The van der Waals surface area contributed by atoms with Crippen LogP contribution in [0.3, 0.4) is 0 Å². The fourth-order valence-corrected chi connectivity index (χ4v) is 2.50. The molecule has 0 aliphatic carbocycles. The van der Waals surface area contributed by atoms with E-state index in [1.54, 1.807) is 19.1 Å². The predicted molar refractivity (Wildman–Crippen MR) is 97.4 cm³/mol. The van der Waals surface area contributed by atoms with Crippen molar-refractivity contribution in [2.45, 2.75) is 32.4 Å². The van der Waals surface area contributed by atoms with E-state index >= 15 is 0 Å². The SMILES string of the molecule is CC(C(=O)NC(C)(C)c1cccc(F)c1)C(N)c1ccccc1.Cl. The highest BCUT2D eigenvalue weighted by Crippen LogP contribution is 2.24. The second kappa shape index (κ2) is 8.27. The van der Waals surface area contributed by atoms with Gasteiger partial charge in [-0.3, -0.25) is 4.79 Å². The Morgan fingerprint density at radius 2 is 1.75 bits per heavy atom. The van der Waals surface area contributed by atoms with Crippen LogP contribution in [0.15, 0.2) is 54.6 Å². The molecule has 2 atom stereocenters. The Balaban J connectivity index is 0.00000288. The first-order valence-corrected chi connectivity index (χ1v) is 7.70. The summed E-state index contributed by atoms with van der Waals surface area (Å²) in [6, 6.07) is 15.4. The standard InChI is InChI=1S/C19H23FN2O.ClH/c1-13(17(21)14-8-5-4-6-9-14)18(23)22-19(2,3)15-10-7-11-16(20)12-15;/h4-13,17H,21H2,1-3H3,(H,22,23);1H. The van der Waals surface area contributed by atoms with Gasteiger partial charge in [-0.25, -0.2) is 4.39 Å². The molecule has 2 rings (SSSR count). The quantitative estimate of drug-likeness (QED) is 0.858. The second-order valence-electron chi connectivity index (χ2n) is 6.35. The van der Waals surface area contributed by atoms with Crippen molar-refractivity contribution in [1.29, 1.82) is 0 Å². The third-order valence-corrected chi connectivity index (χ3v) is 4.12. The summed E-state index contributed by atoms with van der Waals surface area (Å²) in [5, 5.41) is 2.96. The minimum Gasteiger partial charge on any atom is -0.347 e. The number of nitrogens with two attached hydrogens (primary N) is 1. The highest BCUT2D eigenvalue weighted by atomic mass is 35.5. The van der Waals surface area contributed by atoms with Crippen LogP contribution in [0, 0.1) is 11.7 Å². The maximum atomic E-state index is 13.4. The predicted octanol–water partition coefficient (Wildman–Crippen LogP) is 3.93. The summed E-state index contributed by atoms with van der Waals surface area (Å²) >= 11 is 0. The number of amides is 1. The van der Waals surface area contributed by atoms with Crippen molar-refractivity contribution in [3.63, 3.8) is 0 Å². The lowest BCUT2D eigenvalue weighted by Crippen LogP contribution is -2.45. The Kier molecular flexibility index (Phi) is 6.93. The van der Waals surface area contributed by atoms with Crippen molar-refractivity contribution >= 4 is 18.3 Å². The first kappa shape index (κ1) is 20.1. The number of rotatable bonds is 5. The molecule has 0 fully saturated rings. The first-order chi connectivity index (χ1) is 10.8. The van der Waals surface area contributed by atoms with E-state index in [1.807, 2.05) is 44.2 Å². The topological polar surface area (TPSA) is 55.1 Å². The molecule has 5 heteroatoms. The molecule has 0 saturated carbocycles. The Labute approximate surface area is 148 Å². The average molecular weight is 351 g/mol. The van der Waals surface area contributed by atoms with Gasteiger partial charge in [0.15, 0.2) is 0 Å². The van der Waals surface area contributed by atoms with Crippen LogP contribution in [0.1, 0.15) is 37.9 Å². The number of hydrogen-bond donors (Lipinski definition) is 2. The van der Waals surface area contributed by atoms with E-state index in [1.165, 1.54) is 12.1 Å².